The van der Waals surface area contributed by atoms with Crippen molar-refractivity contribution in [2.45, 2.75) is 154 Å². The zero-order chi connectivity index (χ0) is 69.4. The summed E-state index contributed by atoms with van der Waals surface area (Å²) in [7, 11) is 1.56. The summed E-state index contributed by atoms with van der Waals surface area (Å²) in [5, 5.41) is 24.6. The Morgan fingerprint density at radius 3 is 2.33 bits per heavy atom. The Morgan fingerprint density at radius 1 is 0.814 bits per heavy atom. The van der Waals surface area contributed by atoms with Crippen molar-refractivity contribution in [3.05, 3.63) is 136 Å². The van der Waals surface area contributed by atoms with Crippen LogP contribution >= 0.6 is 0 Å². The van der Waals surface area contributed by atoms with Crippen LogP contribution in [0.4, 0.5) is 9.18 Å². The summed E-state index contributed by atoms with van der Waals surface area (Å²) in [5.41, 5.74) is 5.82. The Morgan fingerprint density at radius 2 is 1.57 bits per heavy atom. The van der Waals surface area contributed by atoms with Gasteiger partial charge in [0.25, 0.3) is 5.91 Å². The number of fused-ring (bicyclic) bond motifs is 5. The number of urea groups is 1. The maximum atomic E-state index is 14.1. The molecule has 8 N–H and O–H groups in total. The highest BCUT2D eigenvalue weighted by atomic mass is 19.1. The summed E-state index contributed by atoms with van der Waals surface area (Å²) >= 11 is 0. The molecule has 4 heterocycles. The first-order valence-corrected chi connectivity index (χ1v) is 33.3. The Hall–Kier alpha value is -9.92. The fourth-order valence-electron chi connectivity index (χ4n) is 12.1. The van der Waals surface area contributed by atoms with Gasteiger partial charge >= 0.3 is 6.03 Å². The number of halogens is 1. The van der Waals surface area contributed by atoms with Crippen molar-refractivity contribution in [1.29, 1.82) is 0 Å². The molecule has 0 radical (unpaired) electrons. The minimum absolute atomic E-state index is 0.0525. The number of nitrogens with one attached hydrogen (secondary N) is 8. The van der Waals surface area contributed by atoms with Crippen LogP contribution in [0.1, 0.15) is 111 Å². The number of carbonyl (C=O) groups is 11. The fourth-order valence-corrected chi connectivity index (χ4v) is 12.1. The summed E-state index contributed by atoms with van der Waals surface area (Å²) in [5.74, 6) is -4.43. The number of ether oxygens (including phenoxy) is 2. The number of likely N-dealkylation sites (tertiary alicyclic amines) is 1. The quantitative estimate of drug-likeness (QED) is 0.0252. The second-order valence-corrected chi connectivity index (χ2v) is 24.6. The second kappa shape index (κ2) is 36.3. The van der Waals surface area contributed by atoms with Gasteiger partial charge in [-0.2, -0.15) is 0 Å². The Balaban J connectivity index is 0.828. The molecular weight excluding hydrogens is 1250 g/mol. The molecule has 2 saturated heterocycles. The molecule has 520 valence electrons. The number of aromatic nitrogens is 1. The molecule has 26 nitrogen and oxygen atoms in total. The number of methoxy groups -OCH3 is 1. The molecule has 0 unspecified atom stereocenters. The number of hydrogen-bond donors (Lipinski definition) is 8. The average molecular weight is 1340 g/mol. The van der Waals surface area contributed by atoms with Crippen molar-refractivity contribution in [2.24, 2.45) is 0 Å². The van der Waals surface area contributed by atoms with Gasteiger partial charge in [0.2, 0.25) is 53.7 Å². The molecule has 4 bridgehead atoms. The summed E-state index contributed by atoms with van der Waals surface area (Å²) in [6.45, 7) is 6.24. The molecule has 97 heavy (non-hydrogen) atoms. The third-order valence-corrected chi connectivity index (χ3v) is 17.4. The van der Waals surface area contributed by atoms with E-state index in [1.807, 2.05) is 56.4 Å². The molecule has 4 aromatic carbocycles. The molecule has 3 aliphatic rings. The first-order valence-electron chi connectivity index (χ1n) is 33.3. The number of carbonyl (C=O) groups excluding carboxylic acids is 11. The van der Waals surface area contributed by atoms with E-state index in [0.717, 1.165) is 69.0 Å². The highest BCUT2D eigenvalue weighted by molar-refractivity contribution is 5.95. The summed E-state index contributed by atoms with van der Waals surface area (Å²) < 4.78 is 27.2. The summed E-state index contributed by atoms with van der Waals surface area (Å²) in [6.07, 6.45) is 6.96. The van der Waals surface area contributed by atoms with E-state index >= 15 is 0 Å². The van der Waals surface area contributed by atoms with Crippen molar-refractivity contribution in [3.8, 4) is 5.75 Å². The van der Waals surface area contributed by atoms with Gasteiger partial charge in [0, 0.05) is 102 Å². The predicted octanol–water partition coefficient (Wildman–Crippen LogP) is 3.48. The highest BCUT2D eigenvalue weighted by Gasteiger charge is 2.41. The average Bonchev–Trinajstić information content (AvgIpc) is 1.69. The van der Waals surface area contributed by atoms with Gasteiger partial charge in [-0.25, -0.2) is 19.2 Å². The minimum atomic E-state index is -1.26. The lowest BCUT2D eigenvalue weighted by Crippen LogP contribution is -2.56. The largest absolute Gasteiger partial charge is 0.497 e. The van der Waals surface area contributed by atoms with Gasteiger partial charge in [0.1, 0.15) is 42.3 Å². The normalized spacial score (nSPS) is 17.2. The Kier molecular flexibility index (Phi) is 27.3. The van der Waals surface area contributed by atoms with E-state index < -0.39 is 85.0 Å². The van der Waals surface area contributed by atoms with Crippen molar-refractivity contribution >= 4 is 76.5 Å². The molecule has 3 aliphatic heterocycles. The van der Waals surface area contributed by atoms with E-state index in [1.54, 1.807) is 60.5 Å². The van der Waals surface area contributed by atoms with E-state index in [1.165, 1.54) is 17.9 Å². The summed E-state index contributed by atoms with van der Waals surface area (Å²) in [6, 6.07) is 22.1. The van der Waals surface area contributed by atoms with Gasteiger partial charge in [-0.15, -0.1) is 0 Å². The van der Waals surface area contributed by atoms with E-state index in [4.69, 9.17) is 9.47 Å². The number of rotatable bonds is 29. The van der Waals surface area contributed by atoms with Gasteiger partial charge in [-0.3, -0.25) is 47.9 Å². The number of hydrogen-bond acceptors (Lipinski definition) is 13. The van der Waals surface area contributed by atoms with Crippen molar-refractivity contribution in [1.82, 2.24) is 66.9 Å². The first-order chi connectivity index (χ1) is 46.8. The van der Waals surface area contributed by atoms with Gasteiger partial charge in [0.15, 0.2) is 6.23 Å². The molecule has 27 heteroatoms. The zero-order valence-electron chi connectivity index (χ0n) is 55.6. The first kappa shape index (κ1) is 72.9. The monoisotopic (exact) mass is 1340 g/mol. The van der Waals surface area contributed by atoms with Gasteiger partial charge in [0.05, 0.1) is 20.2 Å². The summed E-state index contributed by atoms with van der Waals surface area (Å²) in [4.78, 5) is 150. The molecule has 0 saturated carbocycles. The minimum Gasteiger partial charge on any atom is -0.497 e. The maximum absolute atomic E-state index is 14.1. The Bertz CT molecular complexity index is 3590. The van der Waals surface area contributed by atoms with Crippen molar-refractivity contribution in [2.75, 3.05) is 59.5 Å². The number of aryl methyl sites for hydroxylation is 2. The van der Waals surface area contributed by atoms with E-state index in [0.29, 0.717) is 81.6 Å². The van der Waals surface area contributed by atoms with E-state index in [9.17, 15) is 57.1 Å². The molecule has 0 spiro atoms. The van der Waals surface area contributed by atoms with Crippen molar-refractivity contribution in [3.63, 3.8) is 0 Å². The fraction of sp³-hybridized carbons (Fsp3) is 0.471. The maximum Gasteiger partial charge on any atom is 0.338 e. The van der Waals surface area contributed by atoms with Crippen LogP contribution in [0.2, 0.25) is 0 Å². The Labute approximate surface area is 563 Å². The van der Waals surface area contributed by atoms with Crippen LogP contribution in [0, 0.1) is 12.7 Å². The van der Waals surface area contributed by atoms with Crippen LogP contribution in [-0.2, 0) is 91.6 Å². The predicted molar refractivity (Wildman–Crippen MR) is 356 cm³/mol. The third kappa shape index (κ3) is 21.3. The zero-order valence-corrected chi connectivity index (χ0v) is 55.6. The molecule has 8 rings (SSSR count). The third-order valence-electron chi connectivity index (χ3n) is 17.4. The molecule has 2 fully saturated rings. The van der Waals surface area contributed by atoms with Crippen LogP contribution in [0.3, 0.4) is 0 Å². The molecule has 5 atom stereocenters. The molecule has 12 amide bonds. The van der Waals surface area contributed by atoms with Gasteiger partial charge in [-0.05, 0) is 116 Å². The van der Waals surface area contributed by atoms with Crippen molar-refractivity contribution < 1.29 is 66.6 Å². The van der Waals surface area contributed by atoms with Crippen LogP contribution in [0.15, 0.2) is 97.2 Å². The van der Waals surface area contributed by atoms with Gasteiger partial charge in [-0.1, -0.05) is 80.4 Å². The highest BCUT2D eigenvalue weighted by Crippen LogP contribution is 2.25. The molecular formula is C70H90FN13O13. The van der Waals surface area contributed by atoms with E-state index in [2.05, 4.69) is 47.1 Å². The molecule has 1 aromatic heterocycles. The number of unbranched alkanes of at least 4 members (excludes halogenated alkanes) is 3. The molecule has 0 aliphatic carbocycles. The van der Waals surface area contributed by atoms with E-state index in [-0.39, 0.29) is 81.9 Å². The van der Waals surface area contributed by atoms with Crippen LogP contribution in [-0.4, -0.2) is 180 Å². The lowest BCUT2D eigenvalue weighted by molar-refractivity contribution is -0.152. The van der Waals surface area contributed by atoms with Gasteiger partial charge < -0.3 is 66.4 Å². The lowest BCUT2D eigenvalue weighted by Gasteiger charge is -2.32. The van der Waals surface area contributed by atoms with Crippen LogP contribution in [0.5, 0.6) is 5.75 Å². The smallest absolute Gasteiger partial charge is 0.338 e. The molecule has 5 aromatic rings. The topological polar surface area (TPSA) is 320 Å². The lowest BCUT2D eigenvalue weighted by atomic mass is 10.0. The second-order valence-electron chi connectivity index (χ2n) is 24.6. The number of nitrogens with zero attached hydrogens (tertiary/aromatic N) is 5. The van der Waals surface area contributed by atoms with Crippen LogP contribution in [0.25, 0.3) is 10.9 Å². The number of hydrazine groups is 1. The van der Waals surface area contributed by atoms with Crippen LogP contribution < -0.4 is 47.3 Å². The standard InChI is InChI=1S/C70H90FN13O13/c1-5-29-73-70(95)84-65-28-34-83(84)64(90)41-76-67(92)56(37-51-12-10-13-52(35-51)39-74-62(88)44-97-65)79-61(87)40-75-66(91)47(3)78-60(86)25-26-63(89)81(32-9-7-6-8-31-80-42-46(2)55-38-53(71)21-24-58(55)80)43-50-17-15-48(16-18-50)27-30-72-68(93)59-14-11-33-82(59)69(94)57(77-45-85)36-49-19-22-54(96-4)23-20-49/h10,12-13,15-24,35,38,42,45,47,56-57,59,65H,5-9,11,14,25-34,36-37,39-41,43-44H2,1-4H3,(H,72,93)(H,73,95)(H,74,88)(H,75,91)(H,76,92)(H,77,85)(H,78,86)(H,79,87)/t47-,56-,57-,59-,65-/m0/s1. The number of amides is 12. The number of benzene rings is 4. The SMILES string of the molecule is CCCNC(=O)N1[C@@H]2CCN1C(=O)CNC(=O)[C@@H](NC(=O)CNC(=O)[C@H](C)NC(=O)CCC(=O)N(CCCCCCn1cc(C)c3cc(F)ccc31)Cc1ccc(CCNC(=O)[C@@H]3CCCN3C(=O)[C@H](Cc3ccc(OC)cc3)NC=O)cc1)Cc1cccc(c1)CNC(=O)CO2.